The molecule has 7 heteroatoms. The zero-order valence-corrected chi connectivity index (χ0v) is 13.1. The third kappa shape index (κ3) is 3.80. The molecule has 2 amide bonds. The number of nitrogens with one attached hydrogen (secondary N) is 1. The Bertz CT molecular complexity index is 628. The van der Waals surface area contributed by atoms with E-state index in [-0.39, 0.29) is 11.8 Å². The predicted molar refractivity (Wildman–Crippen MR) is 83.9 cm³/mol. The van der Waals surface area contributed by atoms with Crippen molar-refractivity contribution in [3.05, 3.63) is 46.4 Å². The van der Waals surface area contributed by atoms with Gasteiger partial charge in [-0.05, 0) is 31.2 Å². The van der Waals surface area contributed by atoms with Crippen LogP contribution in [0.3, 0.4) is 0 Å². The van der Waals surface area contributed by atoms with Gasteiger partial charge >= 0.3 is 0 Å². The number of thiazole rings is 1. The lowest BCUT2D eigenvalue weighted by atomic mass is 10.2. The molecule has 1 aromatic heterocycles. The minimum Gasteiger partial charge on any atom is -0.341 e. The van der Waals surface area contributed by atoms with Crippen molar-refractivity contribution in [1.29, 1.82) is 0 Å². The van der Waals surface area contributed by atoms with Crippen LogP contribution >= 0.6 is 22.9 Å². The highest BCUT2D eigenvalue weighted by Crippen LogP contribution is 2.16. The summed E-state index contributed by atoms with van der Waals surface area (Å²) in [6.07, 6.45) is 1.63. The zero-order chi connectivity index (χ0) is 15.4. The number of likely N-dealkylation sites (N-methyl/N-ethyl adjacent to an activating group) is 1. The van der Waals surface area contributed by atoms with Crippen LogP contribution in [0.5, 0.6) is 0 Å². The molecule has 110 valence electrons. The van der Waals surface area contributed by atoms with E-state index in [2.05, 4.69) is 10.3 Å². The minimum absolute atomic E-state index is 0.229. The molecule has 2 aromatic rings. The molecule has 21 heavy (non-hydrogen) atoms. The van der Waals surface area contributed by atoms with E-state index >= 15 is 0 Å². The first-order valence-electron chi connectivity index (χ1n) is 6.22. The SMILES string of the molecule is C[C@H](NC(=O)c1ccc(Cl)cc1)C(=O)N(C)c1nccs1. The summed E-state index contributed by atoms with van der Waals surface area (Å²) in [5.74, 6) is -0.549. The zero-order valence-electron chi connectivity index (χ0n) is 11.5. The first kappa shape index (κ1) is 15.5. The fraction of sp³-hybridized carbons (Fsp3) is 0.214. The van der Waals surface area contributed by atoms with E-state index in [1.165, 1.54) is 16.2 Å². The van der Waals surface area contributed by atoms with Crippen molar-refractivity contribution in [2.75, 3.05) is 11.9 Å². The van der Waals surface area contributed by atoms with Gasteiger partial charge in [0, 0.05) is 29.2 Å². The molecule has 0 fully saturated rings. The van der Waals surface area contributed by atoms with Gasteiger partial charge in [0.15, 0.2) is 5.13 Å². The van der Waals surface area contributed by atoms with Crippen LogP contribution in [0.25, 0.3) is 0 Å². The summed E-state index contributed by atoms with van der Waals surface area (Å²) in [5, 5.41) is 5.59. The highest BCUT2D eigenvalue weighted by atomic mass is 35.5. The van der Waals surface area contributed by atoms with Gasteiger partial charge in [-0.2, -0.15) is 0 Å². The number of hydrogen-bond acceptors (Lipinski definition) is 4. The molecular formula is C14H14ClN3O2S. The molecule has 0 aliphatic rings. The molecule has 1 N–H and O–H groups in total. The number of rotatable bonds is 4. The van der Waals surface area contributed by atoms with Crippen LogP contribution in [0, 0.1) is 0 Å². The van der Waals surface area contributed by atoms with Crippen molar-refractivity contribution in [3.63, 3.8) is 0 Å². The highest BCUT2D eigenvalue weighted by Gasteiger charge is 2.22. The van der Waals surface area contributed by atoms with Gasteiger partial charge in [0.1, 0.15) is 6.04 Å². The van der Waals surface area contributed by atoms with Crippen molar-refractivity contribution in [2.24, 2.45) is 0 Å². The Morgan fingerprint density at radius 1 is 1.33 bits per heavy atom. The van der Waals surface area contributed by atoms with Gasteiger partial charge in [-0.25, -0.2) is 4.98 Å². The molecule has 0 radical (unpaired) electrons. The van der Waals surface area contributed by atoms with Gasteiger partial charge < -0.3 is 5.32 Å². The first-order valence-corrected chi connectivity index (χ1v) is 7.48. The van der Waals surface area contributed by atoms with Gasteiger partial charge in [-0.1, -0.05) is 11.6 Å². The summed E-state index contributed by atoms with van der Waals surface area (Å²) >= 11 is 7.13. The van der Waals surface area contributed by atoms with Crippen LogP contribution in [-0.4, -0.2) is 29.9 Å². The number of aromatic nitrogens is 1. The topological polar surface area (TPSA) is 62.3 Å². The van der Waals surface area contributed by atoms with Gasteiger partial charge in [0.05, 0.1) is 0 Å². The molecule has 0 spiro atoms. The smallest absolute Gasteiger partial charge is 0.251 e. The Hall–Kier alpha value is -1.92. The molecule has 1 aromatic carbocycles. The van der Waals surface area contributed by atoms with Crippen LogP contribution in [0.4, 0.5) is 5.13 Å². The molecule has 0 unspecified atom stereocenters. The second-order valence-electron chi connectivity index (χ2n) is 4.41. The Morgan fingerprint density at radius 2 is 2.00 bits per heavy atom. The number of anilines is 1. The fourth-order valence-corrected chi connectivity index (χ4v) is 2.45. The quantitative estimate of drug-likeness (QED) is 0.940. The normalized spacial score (nSPS) is 11.8. The van der Waals surface area contributed by atoms with Crippen LogP contribution in [0.2, 0.25) is 5.02 Å². The number of carbonyl (C=O) groups is 2. The standard InChI is InChI=1S/C14H14ClN3O2S/c1-9(13(20)18(2)14-16-7-8-21-14)17-12(19)10-3-5-11(15)6-4-10/h3-9H,1-2H3,(H,17,19)/t9-/m0/s1. The summed E-state index contributed by atoms with van der Waals surface area (Å²) in [5.41, 5.74) is 0.455. The molecule has 0 aliphatic carbocycles. The van der Waals surface area contributed by atoms with Crippen LogP contribution in [0.1, 0.15) is 17.3 Å². The van der Waals surface area contributed by atoms with E-state index in [0.717, 1.165) is 0 Å². The lowest BCUT2D eigenvalue weighted by Gasteiger charge is -2.19. The third-order valence-electron chi connectivity index (χ3n) is 2.86. The summed E-state index contributed by atoms with van der Waals surface area (Å²) in [6, 6.07) is 5.83. The summed E-state index contributed by atoms with van der Waals surface area (Å²) in [7, 11) is 1.63. The van der Waals surface area contributed by atoms with Crippen molar-refractivity contribution in [2.45, 2.75) is 13.0 Å². The highest BCUT2D eigenvalue weighted by molar-refractivity contribution is 7.13. The second-order valence-corrected chi connectivity index (χ2v) is 5.72. The summed E-state index contributed by atoms with van der Waals surface area (Å²) in [6.45, 7) is 1.64. The maximum absolute atomic E-state index is 12.2. The van der Waals surface area contributed by atoms with E-state index < -0.39 is 6.04 Å². The Kier molecular flexibility index (Phi) is 4.93. The predicted octanol–water partition coefficient (Wildman–Crippen LogP) is 2.58. The minimum atomic E-state index is -0.651. The number of amides is 2. The van der Waals surface area contributed by atoms with Gasteiger partial charge in [-0.15, -0.1) is 11.3 Å². The van der Waals surface area contributed by atoms with E-state index in [1.54, 1.807) is 49.8 Å². The van der Waals surface area contributed by atoms with Gasteiger partial charge in [0.2, 0.25) is 0 Å². The van der Waals surface area contributed by atoms with Crippen LogP contribution in [0.15, 0.2) is 35.8 Å². The fourth-order valence-electron chi connectivity index (χ4n) is 1.71. The number of benzene rings is 1. The molecule has 0 aliphatic heterocycles. The molecule has 0 saturated carbocycles. The van der Waals surface area contributed by atoms with E-state index in [1.807, 2.05) is 0 Å². The lowest BCUT2D eigenvalue weighted by Crippen LogP contribution is -2.45. The van der Waals surface area contributed by atoms with Crippen molar-refractivity contribution >= 4 is 39.9 Å². The maximum Gasteiger partial charge on any atom is 0.251 e. The maximum atomic E-state index is 12.2. The first-order chi connectivity index (χ1) is 9.99. The number of carbonyl (C=O) groups excluding carboxylic acids is 2. The molecular weight excluding hydrogens is 310 g/mol. The second kappa shape index (κ2) is 6.69. The Labute approximate surface area is 131 Å². The van der Waals surface area contributed by atoms with E-state index in [0.29, 0.717) is 15.7 Å². The van der Waals surface area contributed by atoms with Crippen LogP contribution in [-0.2, 0) is 4.79 Å². The molecule has 1 heterocycles. The molecule has 1 atom stereocenters. The van der Waals surface area contributed by atoms with Crippen molar-refractivity contribution in [1.82, 2.24) is 10.3 Å². The van der Waals surface area contributed by atoms with E-state index in [4.69, 9.17) is 11.6 Å². The average molecular weight is 324 g/mol. The largest absolute Gasteiger partial charge is 0.341 e. The molecule has 5 nitrogen and oxygen atoms in total. The number of hydrogen-bond donors (Lipinski definition) is 1. The number of nitrogens with zero attached hydrogens (tertiary/aromatic N) is 2. The van der Waals surface area contributed by atoms with Crippen LogP contribution < -0.4 is 10.2 Å². The lowest BCUT2D eigenvalue weighted by molar-refractivity contribution is -0.119. The van der Waals surface area contributed by atoms with E-state index in [9.17, 15) is 9.59 Å². The molecule has 2 rings (SSSR count). The Balaban J connectivity index is 2.00. The molecule has 0 saturated heterocycles. The van der Waals surface area contributed by atoms with Gasteiger partial charge in [-0.3, -0.25) is 14.5 Å². The monoisotopic (exact) mass is 323 g/mol. The van der Waals surface area contributed by atoms with Crippen molar-refractivity contribution in [3.8, 4) is 0 Å². The van der Waals surface area contributed by atoms with Crippen molar-refractivity contribution < 1.29 is 9.59 Å². The number of halogens is 1. The third-order valence-corrected chi connectivity index (χ3v) is 3.96. The van der Waals surface area contributed by atoms with Gasteiger partial charge in [0.25, 0.3) is 11.8 Å². The Morgan fingerprint density at radius 3 is 2.57 bits per heavy atom. The average Bonchev–Trinajstić information content (AvgIpc) is 3.00. The summed E-state index contributed by atoms with van der Waals surface area (Å²) < 4.78 is 0. The summed E-state index contributed by atoms with van der Waals surface area (Å²) in [4.78, 5) is 29.8. The molecule has 0 bridgehead atoms.